The van der Waals surface area contributed by atoms with Crippen LogP contribution < -0.4 is 5.01 Å². The van der Waals surface area contributed by atoms with Crippen LogP contribution in [0.2, 0.25) is 0 Å². The van der Waals surface area contributed by atoms with Gasteiger partial charge in [0.05, 0.1) is 23.3 Å². The van der Waals surface area contributed by atoms with Gasteiger partial charge < -0.3 is 10.2 Å². The Morgan fingerprint density at radius 3 is 1.93 bits per heavy atom. The van der Waals surface area contributed by atoms with E-state index in [0.717, 1.165) is 22.7 Å². The molecule has 0 bridgehead atoms. The molecule has 0 aromatic heterocycles. The fourth-order valence-corrected chi connectivity index (χ4v) is 3.08. The predicted molar refractivity (Wildman–Crippen MR) is 93.0 cm³/mol. The third-order valence-electron chi connectivity index (χ3n) is 4.61. The van der Waals surface area contributed by atoms with E-state index in [1.807, 2.05) is 0 Å². The lowest BCUT2D eigenvalue weighted by Gasteiger charge is -2.27. The second-order valence-electron chi connectivity index (χ2n) is 6.67. The van der Waals surface area contributed by atoms with Gasteiger partial charge in [0.2, 0.25) is 0 Å². The highest BCUT2D eigenvalue weighted by Gasteiger charge is 2.53. The molecule has 2 aromatic carbocycles. The van der Waals surface area contributed by atoms with Crippen LogP contribution in [-0.2, 0) is 6.18 Å². The van der Waals surface area contributed by atoms with Crippen molar-refractivity contribution in [1.29, 1.82) is 0 Å². The van der Waals surface area contributed by atoms with Crippen LogP contribution in [-0.4, -0.2) is 28.3 Å². The second kappa shape index (κ2) is 7.34. The predicted octanol–water partition coefficient (Wildman–Crippen LogP) is 4.42. The number of benzene rings is 2. The number of hydrogen-bond donors (Lipinski definition) is 2. The summed E-state index contributed by atoms with van der Waals surface area (Å²) in [7, 11) is 0. The van der Waals surface area contributed by atoms with Gasteiger partial charge >= 0.3 is 12.4 Å². The number of aliphatic hydroxyl groups is 2. The van der Waals surface area contributed by atoms with Crippen molar-refractivity contribution in [2.24, 2.45) is 11.0 Å². The molecule has 156 valence electrons. The summed E-state index contributed by atoms with van der Waals surface area (Å²) in [6, 6.07) is 9.22. The maximum atomic E-state index is 13.5. The number of halogens is 6. The molecule has 0 aliphatic carbocycles. The molecular weight excluding hydrogens is 402 g/mol. The van der Waals surface area contributed by atoms with Crippen molar-refractivity contribution < 1.29 is 36.6 Å². The summed E-state index contributed by atoms with van der Waals surface area (Å²) in [5.74, 6) is -1.91. The van der Waals surface area contributed by atoms with Crippen LogP contribution in [0.4, 0.5) is 32.0 Å². The first-order chi connectivity index (χ1) is 13.4. The molecule has 3 rings (SSSR count). The van der Waals surface area contributed by atoms with E-state index in [1.54, 1.807) is 19.1 Å². The van der Waals surface area contributed by atoms with Crippen molar-refractivity contribution in [2.75, 3.05) is 5.01 Å². The van der Waals surface area contributed by atoms with Crippen molar-refractivity contribution in [3.8, 4) is 0 Å². The zero-order valence-electron chi connectivity index (χ0n) is 14.9. The van der Waals surface area contributed by atoms with E-state index < -0.39 is 41.9 Å². The van der Waals surface area contributed by atoms with E-state index in [4.69, 9.17) is 0 Å². The smallest absolute Gasteiger partial charge is 0.388 e. The van der Waals surface area contributed by atoms with Gasteiger partial charge in [-0.3, -0.25) is 0 Å². The molecule has 10 heteroatoms. The number of alkyl halides is 6. The zero-order chi connectivity index (χ0) is 21.6. The number of aliphatic hydroxyl groups excluding tert-OH is 2. The van der Waals surface area contributed by atoms with Gasteiger partial charge in [0, 0.05) is 0 Å². The summed E-state index contributed by atoms with van der Waals surface area (Å²) in [6.07, 6.45) is -13.4. The normalized spacial score (nSPS) is 21.3. The topological polar surface area (TPSA) is 56.1 Å². The van der Waals surface area contributed by atoms with E-state index in [-0.39, 0.29) is 11.3 Å². The molecular formula is C19H16F6N2O2. The van der Waals surface area contributed by atoms with Gasteiger partial charge in [-0.05, 0) is 36.8 Å². The molecule has 0 amide bonds. The van der Waals surface area contributed by atoms with Crippen LogP contribution >= 0.6 is 0 Å². The largest absolute Gasteiger partial charge is 0.431 e. The van der Waals surface area contributed by atoms with Crippen molar-refractivity contribution in [2.45, 2.75) is 31.6 Å². The molecule has 3 unspecified atom stereocenters. The Morgan fingerprint density at radius 1 is 0.897 bits per heavy atom. The minimum Gasteiger partial charge on any atom is -0.388 e. The molecule has 0 radical (unpaired) electrons. The first-order valence-electron chi connectivity index (χ1n) is 8.44. The van der Waals surface area contributed by atoms with Crippen molar-refractivity contribution in [1.82, 2.24) is 0 Å². The molecule has 1 heterocycles. The van der Waals surface area contributed by atoms with Crippen LogP contribution in [0.5, 0.6) is 0 Å². The molecule has 2 N–H and O–H groups in total. The lowest BCUT2D eigenvalue weighted by molar-refractivity contribution is -0.137. The van der Waals surface area contributed by atoms with Crippen LogP contribution in [0, 0.1) is 12.8 Å². The first-order valence-corrected chi connectivity index (χ1v) is 8.44. The van der Waals surface area contributed by atoms with E-state index >= 15 is 0 Å². The monoisotopic (exact) mass is 418 g/mol. The maximum absolute atomic E-state index is 13.5. The SMILES string of the molecule is Cc1ccc(N2N=C(C(F)(F)F)C(C(O)c3ccc(C(F)(F)F)cc3)C2O)cc1. The Balaban J connectivity index is 1.96. The average molecular weight is 418 g/mol. The standard InChI is InChI=1S/C19H16F6N2O2/c1-10-2-8-13(9-3-10)27-17(29)14(16(26-27)19(23,24)25)15(28)11-4-6-12(7-5-11)18(20,21)22/h2-9,14-15,17,28-29H,1H3. The molecule has 0 saturated carbocycles. The van der Waals surface area contributed by atoms with Gasteiger partial charge in [0.25, 0.3) is 0 Å². The second-order valence-corrected chi connectivity index (χ2v) is 6.67. The first kappa shape index (κ1) is 21.1. The minimum absolute atomic E-state index is 0.173. The van der Waals surface area contributed by atoms with Gasteiger partial charge in [0.15, 0.2) is 11.9 Å². The summed E-state index contributed by atoms with van der Waals surface area (Å²) in [6.45, 7) is 1.77. The van der Waals surface area contributed by atoms with Crippen LogP contribution in [0.3, 0.4) is 0 Å². The van der Waals surface area contributed by atoms with E-state index in [9.17, 15) is 36.6 Å². The van der Waals surface area contributed by atoms with Crippen LogP contribution in [0.15, 0.2) is 53.6 Å². The van der Waals surface area contributed by atoms with Gasteiger partial charge in [-0.1, -0.05) is 29.8 Å². The maximum Gasteiger partial charge on any atom is 0.431 e. The molecule has 2 aromatic rings. The van der Waals surface area contributed by atoms with Gasteiger partial charge in [0.1, 0.15) is 0 Å². The Morgan fingerprint density at radius 2 is 1.45 bits per heavy atom. The third kappa shape index (κ3) is 4.23. The van der Waals surface area contributed by atoms with E-state index in [0.29, 0.717) is 12.1 Å². The fourth-order valence-electron chi connectivity index (χ4n) is 3.08. The van der Waals surface area contributed by atoms with Crippen LogP contribution in [0.25, 0.3) is 0 Å². The minimum atomic E-state index is -4.96. The van der Waals surface area contributed by atoms with E-state index in [2.05, 4.69) is 5.10 Å². The summed E-state index contributed by atoms with van der Waals surface area (Å²) in [5, 5.41) is 25.2. The highest BCUT2D eigenvalue weighted by atomic mass is 19.4. The lowest BCUT2D eigenvalue weighted by atomic mass is 9.89. The van der Waals surface area contributed by atoms with Gasteiger partial charge in [-0.25, -0.2) is 5.01 Å². The van der Waals surface area contributed by atoms with Crippen LogP contribution in [0.1, 0.15) is 22.8 Å². The average Bonchev–Trinajstić information content (AvgIpc) is 2.99. The quantitative estimate of drug-likeness (QED) is 0.726. The highest BCUT2D eigenvalue weighted by molar-refractivity contribution is 5.95. The molecule has 0 fully saturated rings. The summed E-state index contributed by atoms with van der Waals surface area (Å²) < 4.78 is 78.6. The number of hydrazone groups is 1. The van der Waals surface area contributed by atoms with Gasteiger partial charge in [-0.2, -0.15) is 31.4 Å². The van der Waals surface area contributed by atoms with E-state index in [1.165, 1.54) is 12.1 Å². The third-order valence-corrected chi connectivity index (χ3v) is 4.61. The number of hydrogen-bond acceptors (Lipinski definition) is 4. The Hall–Kier alpha value is -2.59. The summed E-state index contributed by atoms with van der Waals surface area (Å²) in [4.78, 5) is 0. The van der Waals surface area contributed by atoms with Crippen molar-refractivity contribution >= 4 is 11.4 Å². The Bertz CT molecular complexity index is 891. The molecule has 3 atom stereocenters. The Labute approximate surface area is 161 Å². The molecule has 1 aliphatic rings. The molecule has 0 spiro atoms. The Kier molecular flexibility index (Phi) is 5.35. The van der Waals surface area contributed by atoms with Crippen molar-refractivity contribution in [3.05, 3.63) is 65.2 Å². The zero-order valence-corrected chi connectivity index (χ0v) is 14.9. The highest BCUT2D eigenvalue weighted by Crippen LogP contribution is 2.40. The molecule has 29 heavy (non-hydrogen) atoms. The fraction of sp³-hybridized carbons (Fsp3) is 0.316. The number of anilines is 1. The number of rotatable bonds is 3. The molecule has 4 nitrogen and oxygen atoms in total. The summed E-state index contributed by atoms with van der Waals surface area (Å²) in [5.41, 5.74) is -1.62. The van der Waals surface area contributed by atoms with Crippen molar-refractivity contribution in [3.63, 3.8) is 0 Å². The van der Waals surface area contributed by atoms with Gasteiger partial charge in [-0.15, -0.1) is 0 Å². The number of aryl methyl sites for hydroxylation is 1. The molecule has 1 aliphatic heterocycles. The number of nitrogens with zero attached hydrogens (tertiary/aromatic N) is 2. The summed E-state index contributed by atoms with van der Waals surface area (Å²) >= 11 is 0. The molecule has 0 saturated heterocycles. The lowest BCUT2D eigenvalue weighted by Crippen LogP contribution is -2.40.